The second kappa shape index (κ2) is 4.59. The zero-order chi connectivity index (χ0) is 10.7. The van der Waals surface area contributed by atoms with Crippen LogP contribution in [0.15, 0.2) is 18.3 Å². The summed E-state index contributed by atoms with van der Waals surface area (Å²) in [5.74, 6) is 0.677. The SMILES string of the molecule is O=C[C@@H]1CCCN1Nc1cc(Cl)ccn1. The summed E-state index contributed by atoms with van der Waals surface area (Å²) in [6.45, 7) is 0.859. The molecule has 5 heteroatoms. The van der Waals surface area contributed by atoms with Crippen LogP contribution in [0.2, 0.25) is 5.02 Å². The molecule has 80 valence electrons. The lowest BCUT2D eigenvalue weighted by Gasteiger charge is -2.21. The molecule has 0 amide bonds. The van der Waals surface area contributed by atoms with Crippen molar-refractivity contribution in [2.45, 2.75) is 18.9 Å². The van der Waals surface area contributed by atoms with E-state index in [0.717, 1.165) is 25.7 Å². The third-order valence-corrected chi connectivity index (χ3v) is 2.67. The molecule has 1 aliphatic heterocycles. The third kappa shape index (κ3) is 2.46. The van der Waals surface area contributed by atoms with Crippen LogP contribution in [0.25, 0.3) is 0 Å². The van der Waals surface area contributed by atoms with Gasteiger partial charge in [0.1, 0.15) is 12.1 Å². The lowest BCUT2D eigenvalue weighted by molar-refractivity contribution is -0.111. The molecule has 4 nitrogen and oxygen atoms in total. The number of nitrogens with one attached hydrogen (secondary N) is 1. The van der Waals surface area contributed by atoms with E-state index in [-0.39, 0.29) is 6.04 Å². The first kappa shape index (κ1) is 10.4. The van der Waals surface area contributed by atoms with E-state index < -0.39 is 0 Å². The number of aldehydes is 1. The largest absolute Gasteiger partial charge is 0.302 e. The zero-order valence-corrected chi connectivity index (χ0v) is 8.94. The van der Waals surface area contributed by atoms with Crippen LogP contribution in [0, 0.1) is 0 Å². The second-order valence-corrected chi connectivity index (χ2v) is 3.95. The standard InChI is InChI=1S/C10H12ClN3O/c11-8-3-4-12-10(6-8)13-14-5-1-2-9(14)7-15/h3-4,6-7,9H,1-2,5H2,(H,12,13)/t9-/m0/s1. The number of anilines is 1. The maximum Gasteiger partial charge on any atom is 0.141 e. The fourth-order valence-corrected chi connectivity index (χ4v) is 1.85. The fourth-order valence-electron chi connectivity index (χ4n) is 1.69. The minimum Gasteiger partial charge on any atom is -0.302 e. The molecular weight excluding hydrogens is 214 g/mol. The van der Waals surface area contributed by atoms with Gasteiger partial charge in [0.2, 0.25) is 0 Å². The van der Waals surface area contributed by atoms with Gasteiger partial charge in [-0.3, -0.25) is 0 Å². The van der Waals surface area contributed by atoms with Gasteiger partial charge in [0.15, 0.2) is 0 Å². The monoisotopic (exact) mass is 225 g/mol. The highest BCUT2D eigenvalue weighted by Crippen LogP contribution is 2.18. The topological polar surface area (TPSA) is 45.2 Å². The van der Waals surface area contributed by atoms with Crippen molar-refractivity contribution in [3.63, 3.8) is 0 Å². The van der Waals surface area contributed by atoms with Gasteiger partial charge < -0.3 is 10.2 Å². The molecule has 1 aliphatic rings. The maximum atomic E-state index is 10.7. The van der Waals surface area contributed by atoms with Crippen LogP contribution < -0.4 is 5.43 Å². The number of halogens is 1. The van der Waals surface area contributed by atoms with Crippen LogP contribution >= 0.6 is 11.6 Å². The number of carbonyl (C=O) groups excluding carboxylic acids is 1. The molecule has 1 N–H and O–H groups in total. The highest BCUT2D eigenvalue weighted by Gasteiger charge is 2.23. The molecule has 1 saturated heterocycles. The van der Waals surface area contributed by atoms with Gasteiger partial charge in [-0.15, -0.1) is 0 Å². The highest BCUT2D eigenvalue weighted by molar-refractivity contribution is 6.30. The van der Waals surface area contributed by atoms with E-state index in [1.807, 2.05) is 5.01 Å². The zero-order valence-electron chi connectivity index (χ0n) is 8.19. The molecule has 1 atom stereocenters. The number of pyridine rings is 1. The first-order valence-corrected chi connectivity index (χ1v) is 5.27. The Bertz CT molecular complexity index is 358. The van der Waals surface area contributed by atoms with Gasteiger partial charge in [-0.05, 0) is 18.9 Å². The third-order valence-electron chi connectivity index (χ3n) is 2.44. The lowest BCUT2D eigenvalue weighted by atomic mass is 10.2. The number of hydrogen-bond acceptors (Lipinski definition) is 4. The molecule has 0 aromatic carbocycles. The Morgan fingerprint density at radius 3 is 3.27 bits per heavy atom. The molecule has 0 aliphatic carbocycles. The van der Waals surface area contributed by atoms with E-state index >= 15 is 0 Å². The maximum absolute atomic E-state index is 10.7. The molecule has 1 aromatic heterocycles. The Morgan fingerprint density at radius 1 is 1.67 bits per heavy atom. The normalized spacial score (nSPS) is 21.5. The van der Waals surface area contributed by atoms with Crippen LogP contribution in [-0.2, 0) is 4.79 Å². The lowest BCUT2D eigenvalue weighted by Crippen LogP contribution is -2.35. The molecule has 0 spiro atoms. The Kier molecular flexibility index (Phi) is 3.18. The molecule has 0 unspecified atom stereocenters. The van der Waals surface area contributed by atoms with Gasteiger partial charge in [0.25, 0.3) is 0 Å². The van der Waals surface area contributed by atoms with E-state index in [0.29, 0.717) is 10.8 Å². The molecule has 1 aromatic rings. The summed E-state index contributed by atoms with van der Waals surface area (Å²) in [5, 5.41) is 2.53. The van der Waals surface area contributed by atoms with Gasteiger partial charge in [-0.25, -0.2) is 9.99 Å². The predicted octanol–water partition coefficient (Wildman–Crippen LogP) is 1.73. The Balaban J connectivity index is 2.05. The highest BCUT2D eigenvalue weighted by atomic mass is 35.5. The van der Waals surface area contributed by atoms with Gasteiger partial charge in [0.05, 0.1) is 6.04 Å². The second-order valence-electron chi connectivity index (χ2n) is 3.51. The number of hydrazine groups is 1. The van der Waals surface area contributed by atoms with Crippen molar-refractivity contribution in [3.05, 3.63) is 23.4 Å². The number of hydrogen-bond donors (Lipinski definition) is 1. The number of aromatic nitrogens is 1. The van der Waals surface area contributed by atoms with Crippen LogP contribution in [-0.4, -0.2) is 28.9 Å². The van der Waals surface area contributed by atoms with Crippen molar-refractivity contribution in [2.75, 3.05) is 12.0 Å². The summed E-state index contributed by atoms with van der Waals surface area (Å²) in [4.78, 5) is 14.9. The number of nitrogens with zero attached hydrogens (tertiary/aromatic N) is 2. The van der Waals surface area contributed by atoms with Crippen LogP contribution in [0.4, 0.5) is 5.82 Å². The molecule has 0 saturated carbocycles. The summed E-state index contributed by atoms with van der Waals surface area (Å²) < 4.78 is 0. The summed E-state index contributed by atoms with van der Waals surface area (Å²) in [6.07, 6.45) is 4.52. The molecule has 15 heavy (non-hydrogen) atoms. The molecule has 2 heterocycles. The smallest absolute Gasteiger partial charge is 0.141 e. The van der Waals surface area contributed by atoms with E-state index in [4.69, 9.17) is 11.6 Å². The van der Waals surface area contributed by atoms with Crippen molar-refractivity contribution in [2.24, 2.45) is 0 Å². The first-order valence-electron chi connectivity index (χ1n) is 4.90. The van der Waals surface area contributed by atoms with Gasteiger partial charge in [-0.1, -0.05) is 11.6 Å². The van der Waals surface area contributed by atoms with Gasteiger partial charge in [-0.2, -0.15) is 0 Å². The van der Waals surface area contributed by atoms with Crippen LogP contribution in [0.1, 0.15) is 12.8 Å². The van der Waals surface area contributed by atoms with E-state index in [1.54, 1.807) is 18.3 Å². The van der Waals surface area contributed by atoms with Crippen molar-refractivity contribution >= 4 is 23.7 Å². The minimum atomic E-state index is -0.0502. The summed E-state index contributed by atoms with van der Waals surface area (Å²) in [5.41, 5.74) is 3.09. The summed E-state index contributed by atoms with van der Waals surface area (Å²) in [6, 6.07) is 3.40. The van der Waals surface area contributed by atoms with Crippen LogP contribution in [0.3, 0.4) is 0 Å². The summed E-state index contributed by atoms with van der Waals surface area (Å²) in [7, 11) is 0. The van der Waals surface area contributed by atoms with Crippen molar-refractivity contribution < 1.29 is 4.79 Å². The number of carbonyl (C=O) groups is 1. The fraction of sp³-hybridized carbons (Fsp3) is 0.400. The van der Waals surface area contributed by atoms with Gasteiger partial charge in [0, 0.05) is 23.8 Å². The van der Waals surface area contributed by atoms with Crippen molar-refractivity contribution in [1.82, 2.24) is 9.99 Å². The van der Waals surface area contributed by atoms with Crippen molar-refractivity contribution in [1.29, 1.82) is 0 Å². The van der Waals surface area contributed by atoms with Crippen molar-refractivity contribution in [3.8, 4) is 0 Å². The molecular formula is C10H12ClN3O. The minimum absolute atomic E-state index is 0.0502. The molecule has 0 bridgehead atoms. The average Bonchev–Trinajstić information content (AvgIpc) is 2.65. The Labute approximate surface area is 93.2 Å². The average molecular weight is 226 g/mol. The number of rotatable bonds is 3. The first-order chi connectivity index (χ1) is 7.29. The van der Waals surface area contributed by atoms with E-state index in [9.17, 15) is 4.79 Å². The van der Waals surface area contributed by atoms with E-state index in [2.05, 4.69) is 10.4 Å². The summed E-state index contributed by atoms with van der Waals surface area (Å²) >= 11 is 5.83. The quantitative estimate of drug-likeness (QED) is 0.796. The van der Waals surface area contributed by atoms with Crippen LogP contribution in [0.5, 0.6) is 0 Å². The Hall–Kier alpha value is -1.13. The predicted molar refractivity (Wildman–Crippen MR) is 58.7 cm³/mol. The van der Waals surface area contributed by atoms with Gasteiger partial charge >= 0.3 is 0 Å². The van der Waals surface area contributed by atoms with E-state index in [1.165, 1.54) is 0 Å². The Morgan fingerprint density at radius 2 is 2.53 bits per heavy atom. The molecule has 1 fully saturated rings. The molecule has 2 rings (SSSR count). The molecule has 0 radical (unpaired) electrons.